The monoisotopic (exact) mass is 301 g/mol. The minimum Gasteiger partial charge on any atom is -0.393 e. The molecule has 4 aliphatic carbocycles. The number of aliphatic hydroxyl groups excluding tert-OH is 1. The third-order valence-electron chi connectivity index (χ3n) is 8.79. The molecule has 4 saturated carbocycles. The Hall–Kier alpha value is -0.550. The van der Waals surface area contributed by atoms with Crippen molar-refractivity contribution in [1.29, 1.82) is 5.26 Å². The molecule has 0 aromatic carbocycles. The molecule has 122 valence electrons. The molecule has 1 N–H and O–H groups in total. The lowest BCUT2D eigenvalue weighted by Gasteiger charge is -2.60. The van der Waals surface area contributed by atoms with Gasteiger partial charge in [-0.15, -0.1) is 0 Å². The van der Waals surface area contributed by atoms with Crippen LogP contribution in [0.25, 0.3) is 0 Å². The van der Waals surface area contributed by atoms with Crippen molar-refractivity contribution in [3.05, 3.63) is 0 Å². The van der Waals surface area contributed by atoms with Crippen molar-refractivity contribution in [3.8, 4) is 6.07 Å². The average Bonchev–Trinajstić information content (AvgIpc) is 2.84. The molecule has 0 spiro atoms. The van der Waals surface area contributed by atoms with E-state index in [1.807, 2.05) is 0 Å². The van der Waals surface area contributed by atoms with Crippen molar-refractivity contribution in [2.45, 2.75) is 77.7 Å². The Morgan fingerprint density at radius 1 is 0.909 bits per heavy atom. The summed E-state index contributed by atoms with van der Waals surface area (Å²) >= 11 is 0. The molecule has 0 aliphatic heterocycles. The van der Waals surface area contributed by atoms with Gasteiger partial charge in [-0.1, -0.05) is 13.8 Å². The summed E-state index contributed by atoms with van der Waals surface area (Å²) in [5.74, 6) is 3.55. The zero-order valence-electron chi connectivity index (χ0n) is 14.2. The van der Waals surface area contributed by atoms with Gasteiger partial charge in [-0.05, 0) is 92.3 Å². The van der Waals surface area contributed by atoms with E-state index in [1.54, 1.807) is 0 Å². The van der Waals surface area contributed by atoms with Crippen LogP contribution < -0.4 is 0 Å². The van der Waals surface area contributed by atoms with Crippen LogP contribution >= 0.6 is 0 Å². The molecule has 4 aliphatic rings. The van der Waals surface area contributed by atoms with E-state index in [4.69, 9.17) is 0 Å². The van der Waals surface area contributed by atoms with Crippen LogP contribution in [0.3, 0.4) is 0 Å². The Labute approximate surface area is 135 Å². The fourth-order valence-electron chi connectivity index (χ4n) is 7.45. The maximum Gasteiger partial charge on any atom is 0.0661 e. The van der Waals surface area contributed by atoms with Gasteiger partial charge in [-0.2, -0.15) is 5.26 Å². The molecule has 2 heteroatoms. The van der Waals surface area contributed by atoms with Crippen LogP contribution in [0, 0.1) is 51.8 Å². The number of hydrogen-bond acceptors (Lipinski definition) is 2. The maximum absolute atomic E-state index is 10.1. The third-order valence-corrected chi connectivity index (χ3v) is 8.79. The van der Waals surface area contributed by atoms with Crippen LogP contribution in [0.4, 0.5) is 0 Å². The van der Waals surface area contributed by atoms with Crippen molar-refractivity contribution >= 4 is 0 Å². The van der Waals surface area contributed by atoms with Gasteiger partial charge in [-0.3, -0.25) is 0 Å². The molecular weight excluding hydrogens is 270 g/mol. The molecule has 0 aromatic heterocycles. The van der Waals surface area contributed by atoms with Gasteiger partial charge in [0.15, 0.2) is 0 Å². The highest BCUT2D eigenvalue weighted by atomic mass is 16.3. The van der Waals surface area contributed by atoms with Gasteiger partial charge < -0.3 is 5.11 Å². The van der Waals surface area contributed by atoms with Crippen molar-refractivity contribution in [2.24, 2.45) is 40.4 Å². The first-order chi connectivity index (χ1) is 10.5. The highest BCUT2D eigenvalue weighted by molar-refractivity contribution is 5.12. The molecule has 0 saturated heterocycles. The largest absolute Gasteiger partial charge is 0.393 e. The smallest absolute Gasteiger partial charge is 0.0661 e. The summed E-state index contributed by atoms with van der Waals surface area (Å²) in [7, 11) is 0. The summed E-state index contributed by atoms with van der Waals surface area (Å²) in [6.45, 7) is 4.97. The minimum atomic E-state index is -0.0436. The summed E-state index contributed by atoms with van der Waals surface area (Å²) in [5, 5.41) is 19.6. The first-order valence-electron chi connectivity index (χ1n) is 9.56. The topological polar surface area (TPSA) is 44.0 Å². The van der Waals surface area contributed by atoms with E-state index in [-0.39, 0.29) is 6.10 Å². The Balaban J connectivity index is 1.62. The van der Waals surface area contributed by atoms with Crippen LogP contribution in [-0.4, -0.2) is 11.2 Å². The molecule has 4 rings (SSSR count). The van der Waals surface area contributed by atoms with Crippen LogP contribution in [0.15, 0.2) is 0 Å². The van der Waals surface area contributed by atoms with Gasteiger partial charge in [0.25, 0.3) is 0 Å². The van der Waals surface area contributed by atoms with Crippen LogP contribution in [0.1, 0.15) is 71.6 Å². The zero-order valence-corrected chi connectivity index (χ0v) is 14.2. The number of aliphatic hydroxyl groups is 1. The molecule has 0 radical (unpaired) electrons. The first-order valence-corrected chi connectivity index (χ1v) is 9.56. The van der Waals surface area contributed by atoms with Crippen LogP contribution in [0.2, 0.25) is 0 Å². The fourth-order valence-corrected chi connectivity index (χ4v) is 7.45. The van der Waals surface area contributed by atoms with Gasteiger partial charge in [0.1, 0.15) is 0 Å². The average molecular weight is 301 g/mol. The molecule has 0 aromatic rings. The summed E-state index contributed by atoms with van der Waals surface area (Å²) in [6.07, 6.45) is 10.9. The lowest BCUT2D eigenvalue weighted by molar-refractivity contribution is -0.124. The second kappa shape index (κ2) is 4.97. The second-order valence-corrected chi connectivity index (χ2v) is 9.39. The van der Waals surface area contributed by atoms with Crippen molar-refractivity contribution in [2.75, 3.05) is 0 Å². The summed E-state index contributed by atoms with van der Waals surface area (Å²) < 4.78 is 0. The van der Waals surface area contributed by atoms with Gasteiger partial charge in [0.05, 0.1) is 18.1 Å². The quantitative estimate of drug-likeness (QED) is 0.714. The Morgan fingerprint density at radius 2 is 1.64 bits per heavy atom. The van der Waals surface area contributed by atoms with Gasteiger partial charge in [0.2, 0.25) is 0 Å². The number of rotatable bonds is 0. The molecule has 0 bridgehead atoms. The van der Waals surface area contributed by atoms with Gasteiger partial charge >= 0.3 is 0 Å². The normalized spacial score (nSPS) is 57.4. The first kappa shape index (κ1) is 15.0. The molecule has 4 fully saturated rings. The highest BCUT2D eigenvalue weighted by Gasteiger charge is 2.60. The molecule has 0 heterocycles. The molecule has 0 amide bonds. The van der Waals surface area contributed by atoms with E-state index < -0.39 is 0 Å². The van der Waals surface area contributed by atoms with Crippen molar-refractivity contribution < 1.29 is 5.11 Å². The SMILES string of the molecule is C[C@]12CC[C@H](O)CC1CCC1C2CC[C@]2(C)[C@@H](C#N)CC[C@@H]12. The second-order valence-electron chi connectivity index (χ2n) is 9.39. The number of hydrogen-bond donors (Lipinski definition) is 1. The van der Waals surface area contributed by atoms with Crippen LogP contribution in [0.5, 0.6) is 0 Å². The van der Waals surface area contributed by atoms with Gasteiger partial charge in [-0.25, -0.2) is 0 Å². The molecule has 2 nitrogen and oxygen atoms in total. The lowest BCUT2D eigenvalue weighted by atomic mass is 9.45. The zero-order chi connectivity index (χ0) is 15.5. The molecule has 22 heavy (non-hydrogen) atoms. The van der Waals surface area contributed by atoms with E-state index in [2.05, 4.69) is 19.9 Å². The van der Waals surface area contributed by atoms with E-state index in [9.17, 15) is 10.4 Å². The van der Waals surface area contributed by atoms with E-state index >= 15 is 0 Å². The standard InChI is InChI=1S/C20H31NO/c1-19-9-7-15(22)11-13(19)3-5-16-17-6-4-14(12-21)20(17,2)10-8-18(16)19/h13-18,22H,3-11H2,1-2H3/t13?,14-,15+,16?,17+,18?,19+,20-/m1/s1. The maximum atomic E-state index is 10.1. The third kappa shape index (κ3) is 1.87. The van der Waals surface area contributed by atoms with Crippen LogP contribution in [-0.2, 0) is 0 Å². The Morgan fingerprint density at radius 3 is 2.41 bits per heavy atom. The van der Waals surface area contributed by atoms with E-state index in [1.165, 1.54) is 38.5 Å². The van der Waals surface area contributed by atoms with Gasteiger partial charge in [0, 0.05) is 0 Å². The number of fused-ring (bicyclic) bond motifs is 5. The predicted molar refractivity (Wildman–Crippen MR) is 86.8 cm³/mol. The summed E-state index contributed by atoms with van der Waals surface area (Å²) in [4.78, 5) is 0. The molecule has 8 atom stereocenters. The summed E-state index contributed by atoms with van der Waals surface area (Å²) in [6, 6.07) is 2.64. The number of nitriles is 1. The van der Waals surface area contributed by atoms with E-state index in [0.29, 0.717) is 16.7 Å². The summed E-state index contributed by atoms with van der Waals surface area (Å²) in [5.41, 5.74) is 0.765. The Kier molecular flexibility index (Phi) is 3.39. The number of nitrogens with zero attached hydrogens (tertiary/aromatic N) is 1. The minimum absolute atomic E-state index is 0.0436. The van der Waals surface area contributed by atoms with Crippen molar-refractivity contribution in [3.63, 3.8) is 0 Å². The molecular formula is C20H31NO. The highest BCUT2D eigenvalue weighted by Crippen LogP contribution is 2.67. The predicted octanol–water partition coefficient (Wildman–Crippen LogP) is 4.53. The lowest BCUT2D eigenvalue weighted by Crippen LogP contribution is -2.53. The molecule has 3 unspecified atom stereocenters. The fraction of sp³-hybridized carbons (Fsp3) is 0.950. The van der Waals surface area contributed by atoms with E-state index in [0.717, 1.165) is 42.9 Å². The Bertz CT molecular complexity index is 496. The van der Waals surface area contributed by atoms with Crippen molar-refractivity contribution in [1.82, 2.24) is 0 Å².